The Morgan fingerprint density at radius 2 is 2.20 bits per heavy atom. The number of thiophene rings is 1. The normalized spacial score (nSPS) is 9.95. The first kappa shape index (κ1) is 14.6. The van der Waals surface area contributed by atoms with E-state index >= 15 is 0 Å². The molecule has 1 heterocycles. The summed E-state index contributed by atoms with van der Waals surface area (Å²) in [5, 5.41) is 10.6. The van der Waals surface area contributed by atoms with E-state index in [-0.39, 0.29) is 12.4 Å². The molecule has 0 saturated heterocycles. The maximum atomic E-state index is 13.3. The molecule has 0 fully saturated rings. The highest BCUT2D eigenvalue weighted by atomic mass is 32.1. The molecule has 2 aromatic rings. The molecular formula is C16H16FNOS. The van der Waals surface area contributed by atoms with Gasteiger partial charge in [0.2, 0.25) is 0 Å². The highest BCUT2D eigenvalue weighted by Crippen LogP contribution is 2.21. The molecule has 20 heavy (non-hydrogen) atoms. The lowest BCUT2D eigenvalue weighted by atomic mass is 10.2. The van der Waals surface area contributed by atoms with Crippen LogP contribution in [0, 0.1) is 17.7 Å². The van der Waals surface area contributed by atoms with Crippen molar-refractivity contribution < 1.29 is 9.50 Å². The average Bonchev–Trinajstić information content (AvgIpc) is 2.90. The average molecular weight is 289 g/mol. The Morgan fingerprint density at radius 1 is 1.35 bits per heavy atom. The molecule has 0 bridgehead atoms. The molecule has 2 nitrogen and oxygen atoms in total. The summed E-state index contributed by atoms with van der Waals surface area (Å²) in [7, 11) is 0. The molecule has 1 aromatic carbocycles. The molecule has 0 amide bonds. The zero-order valence-corrected chi connectivity index (χ0v) is 12.1. The molecule has 0 aliphatic heterocycles. The van der Waals surface area contributed by atoms with E-state index in [1.165, 1.54) is 10.9 Å². The lowest BCUT2D eigenvalue weighted by Gasteiger charge is -2.22. The summed E-state index contributed by atoms with van der Waals surface area (Å²) in [6.07, 6.45) is 0. The molecule has 0 unspecified atom stereocenters. The fourth-order valence-electron chi connectivity index (χ4n) is 1.92. The van der Waals surface area contributed by atoms with Crippen LogP contribution in [0.4, 0.5) is 10.1 Å². The van der Waals surface area contributed by atoms with Crippen molar-refractivity contribution in [3.63, 3.8) is 0 Å². The van der Waals surface area contributed by atoms with Crippen LogP contribution in [0.1, 0.15) is 17.4 Å². The molecule has 0 spiro atoms. The number of hydrogen-bond donors (Lipinski definition) is 1. The van der Waals surface area contributed by atoms with Gasteiger partial charge in [-0.15, -0.1) is 11.3 Å². The summed E-state index contributed by atoms with van der Waals surface area (Å²) in [6, 6.07) is 8.64. The van der Waals surface area contributed by atoms with Crippen molar-refractivity contribution in [2.75, 3.05) is 18.1 Å². The lowest BCUT2D eigenvalue weighted by Crippen LogP contribution is -2.21. The van der Waals surface area contributed by atoms with Gasteiger partial charge in [0.1, 0.15) is 12.4 Å². The number of halogens is 1. The van der Waals surface area contributed by atoms with Crippen LogP contribution in [0.2, 0.25) is 0 Å². The number of aliphatic hydroxyl groups excluding tert-OH is 1. The third kappa shape index (κ3) is 3.83. The van der Waals surface area contributed by atoms with Gasteiger partial charge in [0.25, 0.3) is 0 Å². The van der Waals surface area contributed by atoms with Crippen molar-refractivity contribution >= 4 is 17.0 Å². The lowest BCUT2D eigenvalue weighted by molar-refractivity contribution is 0.350. The molecule has 0 atom stereocenters. The number of anilines is 1. The summed E-state index contributed by atoms with van der Waals surface area (Å²) in [6.45, 7) is 3.45. The maximum absolute atomic E-state index is 13.3. The Kier molecular flexibility index (Phi) is 5.16. The second-order valence-electron chi connectivity index (χ2n) is 4.26. The van der Waals surface area contributed by atoms with Crippen LogP contribution in [0.3, 0.4) is 0 Å². The second kappa shape index (κ2) is 7.09. The van der Waals surface area contributed by atoms with Gasteiger partial charge < -0.3 is 10.0 Å². The molecule has 2 rings (SSSR count). The Morgan fingerprint density at radius 3 is 2.90 bits per heavy atom. The largest absolute Gasteiger partial charge is 0.384 e. The zero-order valence-electron chi connectivity index (χ0n) is 11.3. The van der Waals surface area contributed by atoms with Crippen LogP contribution in [0.5, 0.6) is 0 Å². The molecule has 0 aliphatic carbocycles. The highest BCUT2D eigenvalue weighted by Gasteiger charge is 2.07. The van der Waals surface area contributed by atoms with Crippen LogP contribution in [-0.4, -0.2) is 18.3 Å². The van der Waals surface area contributed by atoms with Crippen LogP contribution in [0.15, 0.2) is 35.7 Å². The van der Waals surface area contributed by atoms with Crippen LogP contribution in [0.25, 0.3) is 0 Å². The van der Waals surface area contributed by atoms with Crippen molar-refractivity contribution in [3.8, 4) is 11.8 Å². The summed E-state index contributed by atoms with van der Waals surface area (Å²) in [5.74, 6) is 5.30. The van der Waals surface area contributed by atoms with E-state index in [1.807, 2.05) is 24.4 Å². The van der Waals surface area contributed by atoms with Gasteiger partial charge >= 0.3 is 0 Å². The number of nitrogens with zero attached hydrogens (tertiary/aromatic N) is 1. The van der Waals surface area contributed by atoms with Gasteiger partial charge in [-0.2, -0.15) is 0 Å². The summed E-state index contributed by atoms with van der Waals surface area (Å²) in [5.41, 5.74) is 1.79. The predicted molar refractivity (Wildman–Crippen MR) is 81.4 cm³/mol. The first-order chi connectivity index (χ1) is 9.72. The summed E-state index contributed by atoms with van der Waals surface area (Å²) < 4.78 is 13.3. The second-order valence-corrected chi connectivity index (χ2v) is 5.25. The fourth-order valence-corrected chi connectivity index (χ4v) is 2.75. The van der Waals surface area contributed by atoms with Crippen LogP contribution >= 0.6 is 11.3 Å². The Bertz CT molecular complexity index is 627. The minimum atomic E-state index is -0.221. The molecule has 4 heteroatoms. The van der Waals surface area contributed by atoms with E-state index < -0.39 is 0 Å². The molecular weight excluding hydrogens is 273 g/mol. The van der Waals surface area contributed by atoms with Crippen molar-refractivity contribution in [2.24, 2.45) is 0 Å². The van der Waals surface area contributed by atoms with Crippen LogP contribution < -0.4 is 4.90 Å². The minimum Gasteiger partial charge on any atom is -0.384 e. The quantitative estimate of drug-likeness (QED) is 0.873. The van der Waals surface area contributed by atoms with E-state index in [0.717, 1.165) is 24.3 Å². The number of aliphatic hydroxyl groups is 1. The zero-order chi connectivity index (χ0) is 14.4. The Balaban J connectivity index is 2.12. The van der Waals surface area contributed by atoms with Gasteiger partial charge in [-0.25, -0.2) is 4.39 Å². The van der Waals surface area contributed by atoms with Crippen molar-refractivity contribution in [3.05, 3.63) is 52.0 Å². The van der Waals surface area contributed by atoms with E-state index in [9.17, 15) is 4.39 Å². The third-order valence-electron chi connectivity index (χ3n) is 2.87. The van der Waals surface area contributed by atoms with Crippen LogP contribution in [-0.2, 0) is 6.54 Å². The smallest absolute Gasteiger partial charge is 0.125 e. The van der Waals surface area contributed by atoms with Crippen molar-refractivity contribution in [2.45, 2.75) is 13.5 Å². The SMILES string of the molecule is CCN(Cc1cc(C#CCO)cs1)c1cccc(F)c1. The number of benzene rings is 1. The molecule has 0 aliphatic rings. The topological polar surface area (TPSA) is 23.5 Å². The van der Waals surface area contributed by atoms with Gasteiger partial charge in [-0.3, -0.25) is 0 Å². The molecule has 1 aromatic heterocycles. The highest BCUT2D eigenvalue weighted by molar-refractivity contribution is 7.10. The van der Waals surface area contributed by atoms with Crippen molar-refractivity contribution in [1.82, 2.24) is 0 Å². The Labute approximate surface area is 122 Å². The van der Waals surface area contributed by atoms with Crippen molar-refractivity contribution in [1.29, 1.82) is 0 Å². The predicted octanol–water partition coefficient (Wildman–Crippen LogP) is 3.26. The standard InChI is InChI=1S/C16H16FNOS/c1-2-18(15-7-3-6-14(17)10-15)11-16-9-13(12-20-16)5-4-8-19/h3,6-7,9-10,12,19H,2,8,11H2,1H3. The minimum absolute atomic E-state index is 0.129. The van der Waals surface area contributed by atoms with Gasteiger partial charge in [0.15, 0.2) is 0 Å². The van der Waals surface area contributed by atoms with Gasteiger partial charge in [-0.1, -0.05) is 17.9 Å². The maximum Gasteiger partial charge on any atom is 0.125 e. The Hall–Kier alpha value is -1.83. The monoisotopic (exact) mass is 289 g/mol. The summed E-state index contributed by atoms with van der Waals surface area (Å²) >= 11 is 1.62. The third-order valence-corrected chi connectivity index (χ3v) is 3.79. The van der Waals surface area contributed by atoms with E-state index in [0.29, 0.717) is 0 Å². The first-order valence-corrected chi connectivity index (χ1v) is 7.28. The number of hydrogen-bond acceptors (Lipinski definition) is 3. The summed E-state index contributed by atoms with van der Waals surface area (Å²) in [4.78, 5) is 3.27. The van der Waals surface area contributed by atoms with Gasteiger partial charge in [0.05, 0.1) is 6.54 Å². The van der Waals surface area contributed by atoms with E-state index in [4.69, 9.17) is 5.11 Å². The van der Waals surface area contributed by atoms with E-state index in [1.54, 1.807) is 23.5 Å². The van der Waals surface area contributed by atoms with Gasteiger partial charge in [-0.05, 0) is 31.2 Å². The first-order valence-electron chi connectivity index (χ1n) is 6.40. The molecule has 104 valence electrons. The van der Waals surface area contributed by atoms with Gasteiger partial charge in [0, 0.05) is 28.1 Å². The molecule has 1 N–H and O–H groups in total. The molecule has 0 radical (unpaired) electrons. The molecule has 0 saturated carbocycles. The number of rotatable bonds is 4. The van der Waals surface area contributed by atoms with E-state index in [2.05, 4.69) is 16.7 Å². The fraction of sp³-hybridized carbons (Fsp3) is 0.250.